The van der Waals surface area contributed by atoms with E-state index in [1.54, 1.807) is 13.8 Å². The molecular weight excluding hydrogens is 1230 g/mol. The molecule has 0 unspecified atom stereocenters. The van der Waals surface area contributed by atoms with Gasteiger partial charge in [0.25, 0.3) is 0 Å². The SMILES string of the molecule is C=C(C)C(=O)Oc1ccc(-c2ccc(N(c3ccc(-c4ccc(N(c5ccccc5)c5ccccc5)cc4)cc3)c3ccc(-c4ccc(N(c5ccc(-c6ccc(OC(=O)C(=C)C)cc6)cc5)c5ccc(-c6ccc(N(c7ccccc7)c7ccccc7)cc6)cc5)cc4)cc3)cc2)cc1. The van der Waals surface area contributed by atoms with E-state index in [9.17, 15) is 9.59 Å². The van der Waals surface area contributed by atoms with Gasteiger partial charge in [-0.25, -0.2) is 9.59 Å². The molecule has 8 heteroatoms. The zero-order valence-corrected chi connectivity index (χ0v) is 55.5. The molecule has 0 heterocycles. The third kappa shape index (κ3) is 14.4. The first-order chi connectivity index (χ1) is 49.0. The van der Waals surface area contributed by atoms with Crippen LogP contribution in [0.25, 0.3) is 55.6 Å². The molecule has 0 saturated heterocycles. The first-order valence-corrected chi connectivity index (χ1v) is 33.2. The monoisotopic (exact) mass is 1290 g/mol. The van der Waals surface area contributed by atoms with Crippen LogP contribution in [-0.2, 0) is 9.59 Å². The molecule has 14 rings (SSSR count). The predicted octanol–water partition coefficient (Wildman–Crippen LogP) is 24.9. The molecule has 0 spiro atoms. The van der Waals surface area contributed by atoms with Crippen LogP contribution in [-0.4, -0.2) is 11.9 Å². The average Bonchev–Trinajstić information content (AvgIpc) is 0.799. The van der Waals surface area contributed by atoms with Crippen molar-refractivity contribution in [2.45, 2.75) is 13.8 Å². The molecule has 482 valence electrons. The number of rotatable bonds is 21. The van der Waals surface area contributed by atoms with Gasteiger partial charge in [-0.3, -0.25) is 0 Å². The Hall–Kier alpha value is -13.3. The lowest BCUT2D eigenvalue weighted by Crippen LogP contribution is -2.10. The van der Waals surface area contributed by atoms with Gasteiger partial charge in [0, 0.05) is 79.4 Å². The largest absolute Gasteiger partial charge is 0.423 e. The van der Waals surface area contributed by atoms with Crippen molar-refractivity contribution in [3.63, 3.8) is 0 Å². The fraction of sp³-hybridized carbons (Fsp3) is 0.0217. The van der Waals surface area contributed by atoms with E-state index >= 15 is 0 Å². The minimum absolute atomic E-state index is 0.343. The minimum Gasteiger partial charge on any atom is -0.423 e. The minimum atomic E-state index is -0.454. The number of carbonyl (C=O) groups is 2. The van der Waals surface area contributed by atoms with Crippen LogP contribution in [0.2, 0.25) is 0 Å². The van der Waals surface area contributed by atoms with Crippen molar-refractivity contribution in [3.8, 4) is 67.1 Å². The Morgan fingerprint density at radius 3 is 0.470 bits per heavy atom. The molecule has 0 atom stereocenters. The molecule has 14 aromatic carbocycles. The number of benzene rings is 14. The maximum atomic E-state index is 12.3. The van der Waals surface area contributed by atoms with E-state index < -0.39 is 11.9 Å². The van der Waals surface area contributed by atoms with Crippen LogP contribution >= 0.6 is 0 Å². The van der Waals surface area contributed by atoms with E-state index in [1.807, 2.05) is 72.8 Å². The Labute approximate surface area is 584 Å². The number of anilines is 12. The van der Waals surface area contributed by atoms with Crippen LogP contribution < -0.4 is 29.1 Å². The standard InChI is InChI=1S/C92H70N4O4/c1-65(2)91(97)99-89-61-41-75(42-62-89)73-37-57-87(58-38-73)95(83-49-29-69(30-50-83)67-25-45-81(46-26-67)93(77-17-9-5-10-18-77)78-19-11-6-12-20-78)85-53-33-71(34-54-85)72-35-55-86(56-36-72)96(88-59-39-74(40-60-88)76-43-63-90(64-44-76)100-92(98)66(3)4)84-51-31-70(32-52-84)68-27-47-82(48-28-68)94(79-21-13-7-14-22-79)80-23-15-8-16-24-80/h5-64H,1,3H2,2,4H3. The van der Waals surface area contributed by atoms with Gasteiger partial charge in [-0.2, -0.15) is 0 Å². The number of esters is 2. The summed E-state index contributed by atoms with van der Waals surface area (Å²) < 4.78 is 11.0. The van der Waals surface area contributed by atoms with Crippen LogP contribution in [0.5, 0.6) is 11.5 Å². The van der Waals surface area contributed by atoms with Crippen molar-refractivity contribution >= 4 is 80.2 Å². The third-order valence-corrected chi connectivity index (χ3v) is 17.6. The first kappa shape index (κ1) is 64.1. The molecule has 0 N–H and O–H groups in total. The topological polar surface area (TPSA) is 65.6 Å². The van der Waals surface area contributed by atoms with Gasteiger partial charge in [-0.05, 0) is 239 Å². The molecule has 14 aromatic rings. The van der Waals surface area contributed by atoms with Crippen LogP contribution in [0.3, 0.4) is 0 Å². The van der Waals surface area contributed by atoms with Crippen molar-refractivity contribution in [1.29, 1.82) is 0 Å². The highest BCUT2D eigenvalue weighted by atomic mass is 16.5. The highest BCUT2D eigenvalue weighted by molar-refractivity contribution is 5.90. The molecule has 0 aliphatic carbocycles. The average molecular weight is 1300 g/mol. The molecule has 0 aromatic heterocycles. The van der Waals surface area contributed by atoms with E-state index in [0.717, 1.165) is 124 Å². The summed E-state index contributed by atoms with van der Waals surface area (Å²) in [6, 6.07) is 127. The van der Waals surface area contributed by atoms with Gasteiger partial charge in [0.05, 0.1) is 0 Å². The summed E-state index contributed by atoms with van der Waals surface area (Å²) >= 11 is 0. The zero-order chi connectivity index (χ0) is 68.3. The Bertz CT molecular complexity index is 4710. The van der Waals surface area contributed by atoms with Gasteiger partial charge in [0.2, 0.25) is 0 Å². The lowest BCUT2D eigenvalue weighted by atomic mass is 10.0. The highest BCUT2D eigenvalue weighted by Gasteiger charge is 2.20. The maximum absolute atomic E-state index is 12.3. The molecular formula is C92H70N4O4. The van der Waals surface area contributed by atoms with Gasteiger partial charge in [0.1, 0.15) is 11.5 Å². The van der Waals surface area contributed by atoms with E-state index in [4.69, 9.17) is 9.47 Å². The molecule has 100 heavy (non-hydrogen) atoms. The molecule has 0 bridgehead atoms. The van der Waals surface area contributed by atoms with Crippen LogP contribution in [0.4, 0.5) is 68.2 Å². The Morgan fingerprint density at radius 2 is 0.330 bits per heavy atom. The normalized spacial score (nSPS) is 10.9. The summed E-state index contributed by atoms with van der Waals surface area (Å²) in [7, 11) is 0. The maximum Gasteiger partial charge on any atom is 0.338 e. The second kappa shape index (κ2) is 29.4. The quantitative estimate of drug-likeness (QED) is 0.0401. The number of carbonyl (C=O) groups excluding carboxylic acids is 2. The smallest absolute Gasteiger partial charge is 0.338 e. The molecule has 8 nitrogen and oxygen atoms in total. The summed E-state index contributed by atoms with van der Waals surface area (Å²) in [4.78, 5) is 33.7. The lowest BCUT2D eigenvalue weighted by molar-refractivity contribution is -0.130. The van der Waals surface area contributed by atoms with E-state index in [-0.39, 0.29) is 0 Å². The van der Waals surface area contributed by atoms with E-state index in [2.05, 4.69) is 324 Å². The molecule has 0 aliphatic heterocycles. The fourth-order valence-corrected chi connectivity index (χ4v) is 12.3. The Morgan fingerprint density at radius 1 is 0.200 bits per heavy atom. The summed E-state index contributed by atoms with van der Waals surface area (Å²) in [6.45, 7) is 10.7. The fourth-order valence-electron chi connectivity index (χ4n) is 12.3. The van der Waals surface area contributed by atoms with Crippen molar-refractivity contribution in [2.24, 2.45) is 0 Å². The predicted molar refractivity (Wildman–Crippen MR) is 413 cm³/mol. The van der Waals surface area contributed by atoms with Gasteiger partial charge < -0.3 is 29.1 Å². The van der Waals surface area contributed by atoms with Crippen molar-refractivity contribution in [3.05, 3.63) is 388 Å². The van der Waals surface area contributed by atoms with Gasteiger partial charge in [0.15, 0.2) is 0 Å². The highest BCUT2D eigenvalue weighted by Crippen LogP contribution is 2.43. The number of ether oxygens (including phenoxy) is 2. The summed E-state index contributed by atoms with van der Waals surface area (Å²) in [5.41, 5.74) is 23.7. The Balaban J connectivity index is 0.756. The second-order valence-corrected chi connectivity index (χ2v) is 24.4. The first-order valence-electron chi connectivity index (χ1n) is 33.2. The molecule has 0 aliphatic rings. The second-order valence-electron chi connectivity index (χ2n) is 24.4. The number of hydrogen-bond acceptors (Lipinski definition) is 8. The van der Waals surface area contributed by atoms with Crippen LogP contribution in [0.1, 0.15) is 13.8 Å². The van der Waals surface area contributed by atoms with Crippen molar-refractivity contribution in [2.75, 3.05) is 19.6 Å². The van der Waals surface area contributed by atoms with Crippen LogP contribution in [0, 0.1) is 0 Å². The molecule has 0 amide bonds. The van der Waals surface area contributed by atoms with Crippen LogP contribution in [0.15, 0.2) is 388 Å². The lowest BCUT2D eigenvalue weighted by Gasteiger charge is -2.27. The molecule has 0 saturated carbocycles. The zero-order valence-electron chi connectivity index (χ0n) is 55.5. The third-order valence-electron chi connectivity index (χ3n) is 17.6. The van der Waals surface area contributed by atoms with Gasteiger partial charge >= 0.3 is 11.9 Å². The number of nitrogens with zero attached hydrogens (tertiary/aromatic N) is 4. The van der Waals surface area contributed by atoms with Crippen molar-refractivity contribution in [1.82, 2.24) is 0 Å². The van der Waals surface area contributed by atoms with Crippen molar-refractivity contribution < 1.29 is 19.1 Å². The molecule has 0 radical (unpaired) electrons. The van der Waals surface area contributed by atoms with E-state index in [1.165, 1.54) is 0 Å². The summed E-state index contributed by atoms with van der Waals surface area (Å²) in [6.07, 6.45) is 0. The Kier molecular flexibility index (Phi) is 18.8. The molecule has 0 fully saturated rings. The number of hydrogen-bond donors (Lipinski definition) is 0. The van der Waals surface area contributed by atoms with E-state index in [0.29, 0.717) is 22.6 Å². The van der Waals surface area contributed by atoms with Gasteiger partial charge in [-0.1, -0.05) is 207 Å². The van der Waals surface area contributed by atoms with Gasteiger partial charge in [-0.15, -0.1) is 0 Å². The number of para-hydroxylation sites is 4. The summed E-state index contributed by atoms with van der Waals surface area (Å²) in [5.74, 6) is 0.0217. The summed E-state index contributed by atoms with van der Waals surface area (Å²) in [5, 5.41) is 0.